The third kappa shape index (κ3) is 4.38. The van der Waals surface area contributed by atoms with Gasteiger partial charge in [0.1, 0.15) is 5.75 Å². The lowest BCUT2D eigenvalue weighted by Gasteiger charge is -2.34. The first-order valence-corrected chi connectivity index (χ1v) is 8.57. The van der Waals surface area contributed by atoms with Gasteiger partial charge in [-0.1, -0.05) is 30.3 Å². The lowest BCUT2D eigenvalue weighted by Crippen LogP contribution is -2.50. The van der Waals surface area contributed by atoms with Crippen molar-refractivity contribution in [3.05, 3.63) is 60.2 Å². The second kappa shape index (κ2) is 8.14. The molecular weight excluding hydrogens is 316 g/mol. The van der Waals surface area contributed by atoms with Crippen LogP contribution in [0.15, 0.2) is 54.6 Å². The third-order valence-corrected chi connectivity index (χ3v) is 4.59. The number of aliphatic hydroxyl groups excluding tert-OH is 1. The Morgan fingerprint density at radius 1 is 1.08 bits per heavy atom. The largest absolute Gasteiger partial charge is 0.497 e. The Morgan fingerprint density at radius 2 is 1.80 bits per heavy atom. The van der Waals surface area contributed by atoms with Crippen LogP contribution in [0, 0.1) is 0 Å². The molecule has 25 heavy (non-hydrogen) atoms. The molecule has 1 aliphatic heterocycles. The quantitative estimate of drug-likeness (QED) is 0.878. The highest BCUT2D eigenvalue weighted by Gasteiger charge is 2.25. The number of nitrogens with zero attached hydrogens (tertiary/aromatic N) is 2. The second-order valence-electron chi connectivity index (χ2n) is 6.23. The predicted octanol–water partition coefficient (Wildman–Crippen LogP) is 2.47. The molecule has 0 spiro atoms. The van der Waals surface area contributed by atoms with Gasteiger partial charge in [-0.3, -0.25) is 9.69 Å². The van der Waals surface area contributed by atoms with Crippen LogP contribution in [0.1, 0.15) is 18.1 Å². The second-order valence-corrected chi connectivity index (χ2v) is 6.23. The van der Waals surface area contributed by atoms with E-state index in [-0.39, 0.29) is 5.91 Å². The number of aliphatic hydroxyl groups is 1. The molecule has 0 radical (unpaired) electrons. The molecule has 0 bridgehead atoms. The minimum absolute atomic E-state index is 0.0885. The van der Waals surface area contributed by atoms with Crippen molar-refractivity contribution < 1.29 is 14.6 Å². The van der Waals surface area contributed by atoms with Crippen LogP contribution >= 0.6 is 0 Å². The Hall–Kier alpha value is -2.37. The van der Waals surface area contributed by atoms with Gasteiger partial charge in [-0.2, -0.15) is 0 Å². The summed E-state index contributed by atoms with van der Waals surface area (Å²) in [5.74, 6) is 0.871. The maximum atomic E-state index is 12.5. The number of hydrogen-bond donors (Lipinski definition) is 1. The lowest BCUT2D eigenvalue weighted by atomic mass is 10.1. The van der Waals surface area contributed by atoms with E-state index in [1.165, 1.54) is 0 Å². The van der Waals surface area contributed by atoms with Gasteiger partial charge in [0, 0.05) is 25.3 Å². The van der Waals surface area contributed by atoms with E-state index in [9.17, 15) is 9.90 Å². The molecule has 0 aromatic heterocycles. The molecule has 1 amide bonds. The van der Waals surface area contributed by atoms with Gasteiger partial charge < -0.3 is 14.7 Å². The fourth-order valence-corrected chi connectivity index (χ4v) is 3.09. The number of carbonyl (C=O) groups excluding carboxylic acids is 1. The number of benzene rings is 2. The molecule has 2 aromatic rings. The lowest BCUT2D eigenvalue weighted by molar-refractivity contribution is -0.121. The number of piperazine rings is 1. The maximum Gasteiger partial charge on any atom is 0.241 e. The van der Waals surface area contributed by atoms with Crippen molar-refractivity contribution in [3.8, 4) is 5.75 Å². The van der Waals surface area contributed by atoms with Crippen LogP contribution < -0.4 is 9.64 Å². The van der Waals surface area contributed by atoms with Gasteiger partial charge in [0.25, 0.3) is 0 Å². The van der Waals surface area contributed by atoms with Crippen LogP contribution in [0.5, 0.6) is 5.75 Å². The first-order valence-electron chi connectivity index (χ1n) is 8.57. The minimum atomic E-state index is -0.490. The van der Waals surface area contributed by atoms with Crippen LogP contribution in [0.3, 0.4) is 0 Å². The Kier molecular flexibility index (Phi) is 5.68. The summed E-state index contributed by atoms with van der Waals surface area (Å²) in [5, 5.41) is 10.3. The standard InChI is InChI=1S/C20H24N2O3/c1-25-18-9-7-17(8-10-18)22-14-13-21(15-20(22)24)12-11-19(23)16-5-3-2-4-6-16/h2-10,19,23H,11-15H2,1H3/t19-/m0/s1. The SMILES string of the molecule is COc1ccc(N2CCN(CC[C@H](O)c3ccccc3)CC2=O)cc1. The van der Waals surface area contributed by atoms with Gasteiger partial charge in [-0.15, -0.1) is 0 Å². The van der Waals surface area contributed by atoms with Gasteiger partial charge in [-0.05, 0) is 36.2 Å². The number of methoxy groups -OCH3 is 1. The fourth-order valence-electron chi connectivity index (χ4n) is 3.09. The molecule has 1 N–H and O–H groups in total. The van der Waals surface area contributed by atoms with E-state index in [0.717, 1.165) is 23.5 Å². The summed E-state index contributed by atoms with van der Waals surface area (Å²) in [6.07, 6.45) is 0.135. The fraction of sp³-hybridized carbons (Fsp3) is 0.350. The number of rotatable bonds is 6. The Morgan fingerprint density at radius 3 is 2.44 bits per heavy atom. The van der Waals surface area contributed by atoms with Crippen molar-refractivity contribution in [1.29, 1.82) is 0 Å². The van der Waals surface area contributed by atoms with Crippen LogP contribution in [0.4, 0.5) is 5.69 Å². The van der Waals surface area contributed by atoms with E-state index >= 15 is 0 Å². The van der Waals surface area contributed by atoms with E-state index in [1.54, 1.807) is 7.11 Å². The third-order valence-electron chi connectivity index (χ3n) is 4.59. The van der Waals surface area contributed by atoms with Gasteiger partial charge in [-0.25, -0.2) is 0 Å². The number of ether oxygens (including phenoxy) is 1. The monoisotopic (exact) mass is 340 g/mol. The Labute approximate surface area is 148 Å². The van der Waals surface area contributed by atoms with E-state index < -0.39 is 6.10 Å². The summed E-state index contributed by atoms with van der Waals surface area (Å²) >= 11 is 0. The summed E-state index contributed by atoms with van der Waals surface area (Å²) < 4.78 is 5.16. The molecule has 3 rings (SSSR count). The molecule has 1 aliphatic rings. The normalized spacial score (nSPS) is 16.7. The molecular formula is C20H24N2O3. The van der Waals surface area contributed by atoms with E-state index in [4.69, 9.17) is 4.74 Å². The van der Waals surface area contributed by atoms with Gasteiger partial charge in [0.15, 0.2) is 0 Å². The summed E-state index contributed by atoms with van der Waals surface area (Å²) in [7, 11) is 1.63. The summed E-state index contributed by atoms with van der Waals surface area (Å²) in [5.41, 5.74) is 1.82. The van der Waals surface area contributed by atoms with Crippen LogP contribution in [-0.2, 0) is 4.79 Å². The van der Waals surface area contributed by atoms with Crippen LogP contribution in [-0.4, -0.2) is 49.2 Å². The minimum Gasteiger partial charge on any atom is -0.497 e. The first-order chi connectivity index (χ1) is 12.2. The average molecular weight is 340 g/mol. The Bertz CT molecular complexity index is 688. The van der Waals surface area contributed by atoms with Crippen molar-refractivity contribution in [2.75, 3.05) is 38.2 Å². The molecule has 1 fully saturated rings. The molecule has 0 unspecified atom stereocenters. The molecule has 0 saturated carbocycles. The molecule has 1 saturated heterocycles. The van der Waals surface area contributed by atoms with Crippen LogP contribution in [0.2, 0.25) is 0 Å². The molecule has 1 heterocycles. The maximum absolute atomic E-state index is 12.5. The highest BCUT2D eigenvalue weighted by molar-refractivity contribution is 5.95. The highest BCUT2D eigenvalue weighted by atomic mass is 16.5. The molecule has 1 atom stereocenters. The van der Waals surface area contributed by atoms with Crippen molar-refractivity contribution in [2.45, 2.75) is 12.5 Å². The summed E-state index contributed by atoms with van der Waals surface area (Å²) in [4.78, 5) is 16.4. The molecule has 132 valence electrons. The Balaban J connectivity index is 1.52. The number of amides is 1. The molecule has 0 aliphatic carbocycles. The van der Waals surface area contributed by atoms with E-state index in [0.29, 0.717) is 26.1 Å². The molecule has 5 nitrogen and oxygen atoms in total. The van der Waals surface area contributed by atoms with E-state index in [2.05, 4.69) is 4.90 Å². The van der Waals surface area contributed by atoms with Crippen molar-refractivity contribution in [3.63, 3.8) is 0 Å². The number of carbonyl (C=O) groups is 1. The van der Waals surface area contributed by atoms with Gasteiger partial charge in [0.2, 0.25) is 5.91 Å². The zero-order chi connectivity index (χ0) is 17.6. The van der Waals surface area contributed by atoms with Crippen molar-refractivity contribution in [1.82, 2.24) is 4.90 Å². The topological polar surface area (TPSA) is 53.0 Å². The van der Waals surface area contributed by atoms with Crippen LogP contribution in [0.25, 0.3) is 0 Å². The summed E-state index contributed by atoms with van der Waals surface area (Å²) in [6.45, 7) is 2.55. The number of anilines is 1. The van der Waals surface area contributed by atoms with Crippen molar-refractivity contribution in [2.24, 2.45) is 0 Å². The van der Waals surface area contributed by atoms with Crippen molar-refractivity contribution >= 4 is 11.6 Å². The van der Waals surface area contributed by atoms with E-state index in [1.807, 2.05) is 59.5 Å². The summed E-state index contributed by atoms with van der Waals surface area (Å²) in [6, 6.07) is 17.2. The zero-order valence-corrected chi connectivity index (χ0v) is 14.5. The molecule has 5 heteroatoms. The zero-order valence-electron chi connectivity index (χ0n) is 14.5. The van der Waals surface area contributed by atoms with Gasteiger partial charge in [0.05, 0.1) is 19.8 Å². The predicted molar refractivity (Wildman–Crippen MR) is 97.8 cm³/mol. The highest BCUT2D eigenvalue weighted by Crippen LogP contribution is 2.22. The average Bonchev–Trinajstić information content (AvgIpc) is 2.67. The molecule has 2 aromatic carbocycles. The smallest absolute Gasteiger partial charge is 0.241 e. The van der Waals surface area contributed by atoms with Gasteiger partial charge >= 0.3 is 0 Å². The first kappa shape index (κ1) is 17.5. The number of hydrogen-bond acceptors (Lipinski definition) is 4.